The van der Waals surface area contributed by atoms with E-state index in [4.69, 9.17) is 21.2 Å². The van der Waals surface area contributed by atoms with E-state index in [1.54, 1.807) is 26.4 Å². The normalized spacial score (nSPS) is 23.8. The largest absolute Gasteiger partial charge is 0.421 e. The number of aryl methyl sites for hydroxylation is 1. The van der Waals surface area contributed by atoms with Gasteiger partial charge in [-0.1, -0.05) is 0 Å². The number of nitrogens with one attached hydrogen (secondary N) is 1. The molecule has 2 aliphatic carbocycles. The Morgan fingerprint density at radius 3 is 2.59 bits per heavy atom. The van der Waals surface area contributed by atoms with Crippen LogP contribution < -0.4 is 26.4 Å². The average Bonchev–Trinajstić information content (AvgIpc) is 3.14. The SMILES string of the molecule is CNc1cc(F)cc2c1Cc1nc(Oc3cnc(C)nc3)nc(N3CC4C(C3)C4(N)C(N)=O)c1-2. The minimum absolute atomic E-state index is 0.0493. The zero-order chi connectivity index (χ0) is 23.8. The standard InChI is InChI=1S/C23H23FN8O2/c1-10-28-6-12(7-29-10)34-22-30-18-5-13-14(3-11(24)4-17(13)27-2)19(18)20(31-22)32-8-15-16(9-32)23(15,26)21(25)33/h3-4,6-7,15-16,27H,5,8-9,26H2,1-2H3,(H2,25,33). The smallest absolute Gasteiger partial charge is 0.324 e. The third-order valence-corrected chi connectivity index (χ3v) is 7.17. The second kappa shape index (κ2) is 7.07. The van der Waals surface area contributed by atoms with Crippen LogP contribution in [0.2, 0.25) is 0 Å². The summed E-state index contributed by atoms with van der Waals surface area (Å²) in [5.41, 5.74) is 14.7. The van der Waals surface area contributed by atoms with Crippen LogP contribution in [0.3, 0.4) is 0 Å². The van der Waals surface area contributed by atoms with Crippen LogP contribution >= 0.6 is 0 Å². The Hall–Kier alpha value is -3.86. The molecule has 0 spiro atoms. The summed E-state index contributed by atoms with van der Waals surface area (Å²) in [5.74, 6) is 0.725. The van der Waals surface area contributed by atoms with E-state index < -0.39 is 11.4 Å². The van der Waals surface area contributed by atoms with Gasteiger partial charge in [0.2, 0.25) is 5.91 Å². The van der Waals surface area contributed by atoms with E-state index in [2.05, 4.69) is 25.2 Å². The van der Waals surface area contributed by atoms with Crippen molar-refractivity contribution >= 4 is 17.4 Å². The van der Waals surface area contributed by atoms with E-state index in [-0.39, 0.29) is 23.7 Å². The summed E-state index contributed by atoms with van der Waals surface area (Å²) < 4.78 is 20.4. The van der Waals surface area contributed by atoms with Gasteiger partial charge in [-0.25, -0.2) is 14.4 Å². The van der Waals surface area contributed by atoms with Gasteiger partial charge in [0.25, 0.3) is 0 Å². The lowest BCUT2D eigenvalue weighted by Crippen LogP contribution is -2.47. The molecule has 0 bridgehead atoms. The minimum Gasteiger partial charge on any atom is -0.421 e. The van der Waals surface area contributed by atoms with E-state index in [9.17, 15) is 9.18 Å². The van der Waals surface area contributed by atoms with Crippen molar-refractivity contribution in [2.45, 2.75) is 18.9 Å². The Morgan fingerprint density at radius 2 is 1.94 bits per heavy atom. The van der Waals surface area contributed by atoms with Crippen molar-refractivity contribution in [3.63, 3.8) is 0 Å². The van der Waals surface area contributed by atoms with Crippen molar-refractivity contribution in [2.24, 2.45) is 23.3 Å². The maximum absolute atomic E-state index is 14.5. The van der Waals surface area contributed by atoms with E-state index in [0.29, 0.717) is 42.6 Å². The topological polar surface area (TPSA) is 145 Å². The first-order valence-corrected chi connectivity index (χ1v) is 11.0. The molecule has 1 aromatic carbocycles. The lowest BCUT2D eigenvalue weighted by atomic mass is 10.0. The molecule has 1 saturated carbocycles. The van der Waals surface area contributed by atoms with Crippen LogP contribution in [-0.2, 0) is 11.2 Å². The number of hydrogen-bond donors (Lipinski definition) is 3. The van der Waals surface area contributed by atoms with Crippen molar-refractivity contribution in [3.8, 4) is 22.9 Å². The van der Waals surface area contributed by atoms with Gasteiger partial charge in [0.05, 0.1) is 18.1 Å². The number of ether oxygens (including phenoxy) is 1. The van der Waals surface area contributed by atoms with E-state index in [0.717, 1.165) is 22.4 Å². The Morgan fingerprint density at radius 1 is 1.24 bits per heavy atom. The molecule has 0 radical (unpaired) electrons. The summed E-state index contributed by atoms with van der Waals surface area (Å²) in [6.45, 7) is 2.82. The lowest BCUT2D eigenvalue weighted by molar-refractivity contribution is -0.120. The fourth-order valence-corrected chi connectivity index (χ4v) is 5.34. The molecule has 174 valence electrons. The van der Waals surface area contributed by atoms with E-state index >= 15 is 0 Å². The average molecular weight is 462 g/mol. The number of amides is 1. The number of rotatable bonds is 5. The zero-order valence-electron chi connectivity index (χ0n) is 18.7. The molecule has 34 heavy (non-hydrogen) atoms. The van der Waals surface area contributed by atoms with Crippen LogP contribution in [0.4, 0.5) is 15.9 Å². The molecule has 1 amide bonds. The summed E-state index contributed by atoms with van der Waals surface area (Å²) in [7, 11) is 1.76. The molecule has 11 heteroatoms. The Kier molecular flexibility index (Phi) is 4.31. The summed E-state index contributed by atoms with van der Waals surface area (Å²) >= 11 is 0. The summed E-state index contributed by atoms with van der Waals surface area (Å²) in [6, 6.07) is 3.13. The second-order valence-corrected chi connectivity index (χ2v) is 9.04. The summed E-state index contributed by atoms with van der Waals surface area (Å²) in [6.07, 6.45) is 3.62. The fourth-order valence-electron chi connectivity index (χ4n) is 5.34. The number of hydrogen-bond acceptors (Lipinski definition) is 9. The molecule has 1 aliphatic heterocycles. The number of nitrogens with zero attached hydrogens (tertiary/aromatic N) is 5. The van der Waals surface area contributed by atoms with Gasteiger partial charge in [-0.15, -0.1) is 0 Å². The summed E-state index contributed by atoms with van der Waals surface area (Å²) in [5, 5.41) is 3.07. The zero-order valence-corrected chi connectivity index (χ0v) is 18.7. The highest BCUT2D eigenvalue weighted by atomic mass is 19.1. The van der Waals surface area contributed by atoms with Crippen molar-refractivity contribution < 1.29 is 13.9 Å². The first kappa shape index (κ1) is 20.7. The Labute approximate surface area is 194 Å². The van der Waals surface area contributed by atoms with Crippen LogP contribution in [0, 0.1) is 24.6 Å². The molecule has 2 atom stereocenters. The monoisotopic (exact) mass is 462 g/mol. The number of halogens is 1. The van der Waals surface area contributed by atoms with Gasteiger partial charge in [0.1, 0.15) is 23.0 Å². The number of primary amides is 1. The van der Waals surface area contributed by atoms with Gasteiger partial charge in [-0.05, 0) is 30.2 Å². The molecular formula is C23H23FN8O2. The minimum atomic E-state index is -0.978. The number of benzene rings is 1. The summed E-state index contributed by atoms with van der Waals surface area (Å²) in [4.78, 5) is 31.6. The van der Waals surface area contributed by atoms with Crippen LogP contribution in [0.25, 0.3) is 11.1 Å². The van der Waals surface area contributed by atoms with E-state index in [1.165, 1.54) is 12.1 Å². The number of piperidine rings is 1. The number of carbonyl (C=O) groups is 1. The van der Waals surface area contributed by atoms with Gasteiger partial charge in [0, 0.05) is 49.6 Å². The maximum atomic E-state index is 14.5. The molecule has 2 aromatic heterocycles. The number of nitrogens with two attached hydrogens (primary N) is 2. The van der Waals surface area contributed by atoms with Gasteiger partial charge in [-0.3, -0.25) is 4.79 Å². The highest BCUT2D eigenvalue weighted by Crippen LogP contribution is 2.55. The van der Waals surface area contributed by atoms with Crippen molar-refractivity contribution in [1.29, 1.82) is 0 Å². The quantitative estimate of drug-likeness (QED) is 0.400. The van der Waals surface area contributed by atoms with Crippen LogP contribution in [0.15, 0.2) is 24.5 Å². The van der Waals surface area contributed by atoms with Crippen LogP contribution in [0.1, 0.15) is 17.1 Å². The number of carbonyl (C=O) groups excluding carboxylic acids is 1. The van der Waals surface area contributed by atoms with Gasteiger partial charge < -0.3 is 26.4 Å². The molecule has 3 aliphatic rings. The fraction of sp³-hybridized carbons (Fsp3) is 0.348. The molecule has 3 heterocycles. The Balaban J connectivity index is 1.43. The number of fused-ring (bicyclic) bond motifs is 4. The molecule has 10 nitrogen and oxygen atoms in total. The number of anilines is 2. The number of aromatic nitrogens is 4. The molecule has 3 aromatic rings. The molecule has 5 N–H and O–H groups in total. The van der Waals surface area contributed by atoms with Crippen LogP contribution in [-0.4, -0.2) is 51.5 Å². The first-order chi connectivity index (χ1) is 16.3. The molecule has 1 saturated heterocycles. The highest BCUT2D eigenvalue weighted by Gasteiger charge is 2.70. The second-order valence-electron chi connectivity index (χ2n) is 9.04. The molecule has 2 unspecified atom stereocenters. The maximum Gasteiger partial charge on any atom is 0.324 e. The van der Waals surface area contributed by atoms with Crippen molar-refractivity contribution in [3.05, 3.63) is 47.4 Å². The van der Waals surface area contributed by atoms with Crippen molar-refractivity contribution in [2.75, 3.05) is 30.4 Å². The third kappa shape index (κ3) is 2.93. The van der Waals surface area contributed by atoms with Crippen molar-refractivity contribution in [1.82, 2.24) is 19.9 Å². The van der Waals surface area contributed by atoms with E-state index in [1.807, 2.05) is 0 Å². The first-order valence-electron chi connectivity index (χ1n) is 11.0. The highest BCUT2D eigenvalue weighted by molar-refractivity contribution is 5.91. The predicted octanol–water partition coefficient (Wildman–Crippen LogP) is 1.37. The Bertz CT molecular complexity index is 1330. The van der Waals surface area contributed by atoms with Crippen LogP contribution in [0.5, 0.6) is 11.8 Å². The third-order valence-electron chi connectivity index (χ3n) is 7.17. The van der Waals surface area contributed by atoms with Gasteiger partial charge in [-0.2, -0.15) is 9.97 Å². The van der Waals surface area contributed by atoms with Gasteiger partial charge >= 0.3 is 6.01 Å². The molecule has 6 rings (SSSR count). The van der Waals surface area contributed by atoms with Gasteiger partial charge in [0.15, 0.2) is 5.75 Å². The predicted molar refractivity (Wildman–Crippen MR) is 122 cm³/mol. The lowest BCUT2D eigenvalue weighted by Gasteiger charge is -2.26. The molecule has 2 fully saturated rings. The molecular weight excluding hydrogens is 439 g/mol.